The number of aryl methyl sites for hydroxylation is 1. The molecule has 0 atom stereocenters. The molecule has 0 unspecified atom stereocenters. The van der Waals surface area contributed by atoms with Crippen LogP contribution < -0.4 is 11.1 Å². The number of esters is 1. The Hall–Kier alpha value is -3.52. The number of anilines is 1. The van der Waals surface area contributed by atoms with Gasteiger partial charge in [-0.05, 0) is 43.4 Å². The number of para-hydroxylation sites is 1. The van der Waals surface area contributed by atoms with Crippen molar-refractivity contribution in [3.63, 3.8) is 0 Å². The van der Waals surface area contributed by atoms with Crippen molar-refractivity contribution in [2.24, 2.45) is 5.73 Å². The molecule has 7 nitrogen and oxygen atoms in total. The summed E-state index contributed by atoms with van der Waals surface area (Å²) in [5, 5.41) is 4.06. The number of aromatic nitrogens is 1. The molecule has 8 heteroatoms. The number of primary amides is 1. The Balaban J connectivity index is 1.38. The number of nitrogens with two attached hydrogens (primary N) is 1. The number of fused-ring (bicyclic) bond motifs is 2. The number of benzene rings is 1. The van der Waals surface area contributed by atoms with Gasteiger partial charge in [-0.1, -0.05) is 24.3 Å². The molecule has 1 aliphatic rings. The number of ether oxygens (including phenoxy) is 1. The molecule has 1 aliphatic carbocycles. The van der Waals surface area contributed by atoms with E-state index in [1.54, 1.807) is 12.3 Å². The van der Waals surface area contributed by atoms with Crippen LogP contribution in [-0.4, -0.2) is 29.4 Å². The normalized spacial score (nSPS) is 13.2. The van der Waals surface area contributed by atoms with E-state index in [0.29, 0.717) is 10.6 Å². The lowest BCUT2D eigenvalue weighted by molar-refractivity contribution is -0.142. The van der Waals surface area contributed by atoms with Crippen molar-refractivity contribution in [3.8, 4) is 0 Å². The fourth-order valence-electron chi connectivity index (χ4n) is 3.68. The zero-order valence-electron chi connectivity index (χ0n) is 16.7. The summed E-state index contributed by atoms with van der Waals surface area (Å²) < 4.78 is 5.04. The lowest BCUT2D eigenvalue weighted by Gasteiger charge is -2.11. The maximum Gasteiger partial charge on any atom is 0.331 e. The predicted octanol–water partition coefficient (Wildman–Crippen LogP) is 3.47. The molecule has 4 rings (SSSR count). The van der Waals surface area contributed by atoms with E-state index in [1.807, 2.05) is 30.3 Å². The number of hydrogen-bond acceptors (Lipinski definition) is 6. The van der Waals surface area contributed by atoms with Crippen molar-refractivity contribution in [2.45, 2.75) is 25.7 Å². The highest BCUT2D eigenvalue weighted by molar-refractivity contribution is 7.17. The quantitative estimate of drug-likeness (QED) is 0.455. The van der Waals surface area contributed by atoms with Gasteiger partial charge in [-0.25, -0.2) is 4.79 Å². The van der Waals surface area contributed by atoms with Crippen molar-refractivity contribution in [2.75, 3.05) is 11.9 Å². The lowest BCUT2D eigenvalue weighted by Crippen LogP contribution is -2.22. The molecular formula is C23H21N3O4S. The highest BCUT2D eigenvalue weighted by atomic mass is 32.1. The Morgan fingerprint density at radius 1 is 1.16 bits per heavy atom. The summed E-state index contributed by atoms with van der Waals surface area (Å²) in [7, 11) is 0. The van der Waals surface area contributed by atoms with Crippen LogP contribution in [0.3, 0.4) is 0 Å². The van der Waals surface area contributed by atoms with E-state index in [9.17, 15) is 14.4 Å². The van der Waals surface area contributed by atoms with Gasteiger partial charge < -0.3 is 15.8 Å². The van der Waals surface area contributed by atoms with Gasteiger partial charge in [0, 0.05) is 28.1 Å². The van der Waals surface area contributed by atoms with Crippen LogP contribution >= 0.6 is 11.3 Å². The minimum atomic E-state index is -0.649. The van der Waals surface area contributed by atoms with E-state index in [1.165, 1.54) is 17.4 Å². The average Bonchev–Trinajstić information content (AvgIpc) is 3.14. The minimum Gasteiger partial charge on any atom is -0.452 e. The number of rotatable bonds is 6. The highest BCUT2D eigenvalue weighted by Gasteiger charge is 2.25. The van der Waals surface area contributed by atoms with E-state index in [4.69, 9.17) is 10.5 Å². The first kappa shape index (κ1) is 20.7. The van der Waals surface area contributed by atoms with Crippen LogP contribution in [0, 0.1) is 0 Å². The number of hydrogen-bond donors (Lipinski definition) is 2. The van der Waals surface area contributed by atoms with Crippen molar-refractivity contribution in [3.05, 3.63) is 64.2 Å². The molecule has 0 spiro atoms. The van der Waals surface area contributed by atoms with Crippen molar-refractivity contribution in [1.29, 1.82) is 0 Å². The molecule has 0 radical (unpaired) electrons. The fourth-order valence-corrected chi connectivity index (χ4v) is 4.99. The molecule has 0 fully saturated rings. The van der Waals surface area contributed by atoms with E-state index < -0.39 is 24.4 Å². The monoisotopic (exact) mass is 435 g/mol. The molecule has 1 aromatic carbocycles. The first-order chi connectivity index (χ1) is 15.0. The number of amides is 2. The van der Waals surface area contributed by atoms with Gasteiger partial charge in [-0.15, -0.1) is 11.3 Å². The maximum atomic E-state index is 12.3. The Morgan fingerprint density at radius 3 is 2.81 bits per heavy atom. The second kappa shape index (κ2) is 9.09. The van der Waals surface area contributed by atoms with E-state index in [-0.39, 0.29) is 0 Å². The summed E-state index contributed by atoms with van der Waals surface area (Å²) in [4.78, 5) is 41.7. The minimum absolute atomic E-state index is 0.378. The Bertz CT molecular complexity index is 1190. The summed E-state index contributed by atoms with van der Waals surface area (Å²) in [6, 6.07) is 9.43. The van der Waals surface area contributed by atoms with Crippen molar-refractivity contribution < 1.29 is 19.1 Å². The number of pyridine rings is 1. The molecule has 2 heterocycles. The summed E-state index contributed by atoms with van der Waals surface area (Å²) in [5.74, 6) is -1.73. The van der Waals surface area contributed by atoms with Crippen LogP contribution in [0.25, 0.3) is 17.0 Å². The van der Waals surface area contributed by atoms with Crippen LogP contribution in [-0.2, 0) is 27.2 Å². The topological polar surface area (TPSA) is 111 Å². The number of carbonyl (C=O) groups excluding carboxylic acids is 3. The Kier molecular flexibility index (Phi) is 6.08. The fraction of sp³-hybridized carbons (Fsp3) is 0.217. The van der Waals surface area contributed by atoms with Crippen molar-refractivity contribution >= 4 is 51.1 Å². The number of carbonyl (C=O) groups is 3. The molecule has 31 heavy (non-hydrogen) atoms. The van der Waals surface area contributed by atoms with Gasteiger partial charge in [0.25, 0.3) is 11.8 Å². The highest BCUT2D eigenvalue weighted by Crippen LogP contribution is 2.37. The molecule has 0 saturated heterocycles. The summed E-state index contributed by atoms with van der Waals surface area (Å²) >= 11 is 1.37. The second-order valence-electron chi connectivity index (χ2n) is 7.19. The largest absolute Gasteiger partial charge is 0.452 e. The van der Waals surface area contributed by atoms with Gasteiger partial charge in [-0.3, -0.25) is 14.6 Å². The molecular weight excluding hydrogens is 414 g/mol. The van der Waals surface area contributed by atoms with Gasteiger partial charge in [0.2, 0.25) is 0 Å². The summed E-state index contributed by atoms with van der Waals surface area (Å²) in [6.45, 7) is -0.461. The van der Waals surface area contributed by atoms with Crippen LogP contribution in [0.4, 0.5) is 5.00 Å². The zero-order chi connectivity index (χ0) is 21.8. The molecule has 2 aromatic heterocycles. The van der Waals surface area contributed by atoms with Gasteiger partial charge in [0.05, 0.1) is 11.1 Å². The third-order valence-corrected chi connectivity index (χ3v) is 6.29. The Labute approximate surface area is 182 Å². The number of nitrogens with zero attached hydrogens (tertiary/aromatic N) is 1. The lowest BCUT2D eigenvalue weighted by atomic mass is 9.95. The standard InChI is InChI=1S/C23H21N3O4S/c24-22(29)20-16-8-1-2-9-17(16)31-23(20)26-18(27)13-30-19(28)11-10-15-6-3-5-14-7-4-12-25-21(14)15/h3-7,10-12H,1-2,8-9,13H2,(H2,24,29)(H,26,27)/b11-10+. The molecule has 3 aromatic rings. The van der Waals surface area contributed by atoms with Gasteiger partial charge in [-0.2, -0.15) is 0 Å². The summed E-state index contributed by atoms with van der Waals surface area (Å²) in [6.07, 6.45) is 8.25. The third kappa shape index (κ3) is 4.64. The smallest absolute Gasteiger partial charge is 0.331 e. The molecule has 0 aliphatic heterocycles. The van der Waals surface area contributed by atoms with Crippen LogP contribution in [0.15, 0.2) is 42.6 Å². The third-order valence-electron chi connectivity index (χ3n) is 5.08. The molecule has 0 saturated carbocycles. The van der Waals surface area contributed by atoms with E-state index in [0.717, 1.165) is 52.6 Å². The molecule has 3 N–H and O–H groups in total. The first-order valence-electron chi connectivity index (χ1n) is 9.95. The van der Waals surface area contributed by atoms with Gasteiger partial charge in [0.15, 0.2) is 6.61 Å². The van der Waals surface area contributed by atoms with E-state index >= 15 is 0 Å². The van der Waals surface area contributed by atoms with Crippen LogP contribution in [0.2, 0.25) is 0 Å². The summed E-state index contributed by atoms with van der Waals surface area (Å²) in [5.41, 5.74) is 8.39. The first-order valence-corrected chi connectivity index (χ1v) is 10.8. The molecule has 158 valence electrons. The van der Waals surface area contributed by atoms with Crippen LogP contribution in [0.5, 0.6) is 0 Å². The number of nitrogens with one attached hydrogen (secondary N) is 1. The Morgan fingerprint density at radius 2 is 1.97 bits per heavy atom. The van der Waals surface area contributed by atoms with Gasteiger partial charge in [0.1, 0.15) is 5.00 Å². The average molecular weight is 436 g/mol. The SMILES string of the molecule is NC(=O)c1c(NC(=O)COC(=O)/C=C/c2cccc3cccnc23)sc2c1CCCC2. The number of thiophene rings is 1. The van der Waals surface area contributed by atoms with Crippen molar-refractivity contribution in [1.82, 2.24) is 4.98 Å². The van der Waals surface area contributed by atoms with E-state index in [2.05, 4.69) is 10.3 Å². The predicted molar refractivity (Wildman–Crippen MR) is 120 cm³/mol. The zero-order valence-corrected chi connectivity index (χ0v) is 17.5. The van der Waals surface area contributed by atoms with Crippen LogP contribution in [0.1, 0.15) is 39.2 Å². The molecule has 0 bridgehead atoms. The molecule has 2 amide bonds. The van der Waals surface area contributed by atoms with Gasteiger partial charge >= 0.3 is 5.97 Å². The second-order valence-corrected chi connectivity index (χ2v) is 8.30. The maximum absolute atomic E-state index is 12.3.